The van der Waals surface area contributed by atoms with Crippen molar-refractivity contribution in [2.45, 2.75) is 32.9 Å². The van der Waals surface area contributed by atoms with Gasteiger partial charge < -0.3 is 20.6 Å². The maximum Gasteiger partial charge on any atom is 0.251 e. The molecule has 1 amide bonds. The lowest BCUT2D eigenvalue weighted by atomic mass is 10.1. The lowest BCUT2D eigenvalue weighted by molar-refractivity contribution is 0.0955. The van der Waals surface area contributed by atoms with Crippen LogP contribution in [0.15, 0.2) is 29.3 Å². The van der Waals surface area contributed by atoms with Gasteiger partial charge in [-0.15, -0.1) is 24.0 Å². The van der Waals surface area contributed by atoms with Crippen molar-refractivity contribution in [2.75, 3.05) is 26.2 Å². The number of hydrogen-bond acceptors (Lipinski definition) is 3. The zero-order chi connectivity index (χ0) is 16.7. The third-order valence-electron chi connectivity index (χ3n) is 3.74. The molecule has 0 bridgehead atoms. The van der Waals surface area contributed by atoms with Crippen LogP contribution in [0, 0.1) is 0 Å². The van der Waals surface area contributed by atoms with Gasteiger partial charge in [-0.25, -0.2) is 4.99 Å². The number of benzene rings is 1. The monoisotopic (exact) mass is 446 g/mol. The molecule has 134 valence electrons. The van der Waals surface area contributed by atoms with Gasteiger partial charge in [-0.05, 0) is 38.0 Å². The smallest absolute Gasteiger partial charge is 0.251 e. The van der Waals surface area contributed by atoms with Crippen LogP contribution in [0.5, 0.6) is 0 Å². The maximum atomic E-state index is 11.9. The molecule has 0 aromatic heterocycles. The predicted octanol–water partition coefficient (Wildman–Crippen LogP) is 1.59. The van der Waals surface area contributed by atoms with Crippen LogP contribution < -0.4 is 10.6 Å². The molecule has 0 aliphatic carbocycles. The molecule has 1 atom stereocenters. The van der Waals surface area contributed by atoms with Crippen molar-refractivity contribution in [2.24, 2.45) is 4.99 Å². The van der Waals surface area contributed by atoms with E-state index < -0.39 is 0 Å². The van der Waals surface area contributed by atoms with E-state index in [0.717, 1.165) is 31.0 Å². The molecule has 1 fully saturated rings. The summed E-state index contributed by atoms with van der Waals surface area (Å²) in [6.07, 6.45) is 0.497. The second-order valence-corrected chi connectivity index (χ2v) is 5.62. The van der Waals surface area contributed by atoms with Gasteiger partial charge in [-0.2, -0.15) is 0 Å². The molecule has 6 nitrogen and oxygen atoms in total. The minimum atomic E-state index is -0.278. The Bertz CT molecular complexity index is 565. The molecule has 7 heteroatoms. The lowest BCUT2D eigenvalue weighted by Gasteiger charge is -2.21. The summed E-state index contributed by atoms with van der Waals surface area (Å²) in [6.45, 7) is 7.25. The fourth-order valence-electron chi connectivity index (χ4n) is 2.60. The highest BCUT2D eigenvalue weighted by Crippen LogP contribution is 2.11. The highest BCUT2D eigenvalue weighted by molar-refractivity contribution is 14.0. The molecule has 2 rings (SSSR count). The maximum absolute atomic E-state index is 11.9. The molecule has 1 aliphatic heterocycles. The SMILES string of the molecule is CCNC(=O)c1cccc(CN=C(NCC)N2CC[C@@H](O)C2)c1.I. The molecular weight excluding hydrogens is 419 g/mol. The molecule has 1 saturated heterocycles. The van der Waals surface area contributed by atoms with Crippen LogP contribution in [0.2, 0.25) is 0 Å². The molecule has 3 N–H and O–H groups in total. The third-order valence-corrected chi connectivity index (χ3v) is 3.74. The summed E-state index contributed by atoms with van der Waals surface area (Å²) in [6, 6.07) is 7.52. The molecule has 0 radical (unpaired) electrons. The number of aliphatic imine (C=N–C) groups is 1. The first-order valence-electron chi connectivity index (χ1n) is 8.22. The number of β-amino-alcohol motifs (C(OH)–C–C–N with tert-alkyl or cyclic N) is 1. The van der Waals surface area contributed by atoms with E-state index in [-0.39, 0.29) is 36.0 Å². The lowest BCUT2D eigenvalue weighted by Crippen LogP contribution is -2.40. The number of rotatable bonds is 5. The van der Waals surface area contributed by atoms with E-state index in [9.17, 15) is 9.90 Å². The first-order valence-corrected chi connectivity index (χ1v) is 8.22. The summed E-state index contributed by atoms with van der Waals surface area (Å²) in [5.74, 6) is 0.750. The molecule has 24 heavy (non-hydrogen) atoms. The van der Waals surface area contributed by atoms with Gasteiger partial charge in [0, 0.05) is 31.7 Å². The minimum Gasteiger partial charge on any atom is -0.391 e. The quantitative estimate of drug-likeness (QED) is 0.365. The largest absolute Gasteiger partial charge is 0.391 e. The number of aliphatic hydroxyl groups excluding tert-OH is 1. The van der Waals surface area contributed by atoms with E-state index in [1.165, 1.54) is 0 Å². The van der Waals surface area contributed by atoms with Crippen molar-refractivity contribution < 1.29 is 9.90 Å². The van der Waals surface area contributed by atoms with Crippen LogP contribution in [-0.2, 0) is 6.54 Å². The van der Waals surface area contributed by atoms with Gasteiger partial charge in [0.25, 0.3) is 5.91 Å². The van der Waals surface area contributed by atoms with Gasteiger partial charge in [0.05, 0.1) is 12.6 Å². The first-order chi connectivity index (χ1) is 11.1. The number of hydrogen-bond donors (Lipinski definition) is 3. The zero-order valence-corrected chi connectivity index (χ0v) is 16.6. The van der Waals surface area contributed by atoms with E-state index in [2.05, 4.69) is 20.5 Å². The molecule has 1 aromatic carbocycles. The van der Waals surface area contributed by atoms with Crippen LogP contribution in [0.4, 0.5) is 0 Å². The Morgan fingerprint density at radius 3 is 2.71 bits per heavy atom. The zero-order valence-electron chi connectivity index (χ0n) is 14.3. The Hall–Kier alpha value is -1.35. The summed E-state index contributed by atoms with van der Waals surface area (Å²) < 4.78 is 0. The van der Waals surface area contributed by atoms with Crippen LogP contribution in [-0.4, -0.2) is 54.2 Å². The Morgan fingerprint density at radius 1 is 1.33 bits per heavy atom. The predicted molar refractivity (Wildman–Crippen MR) is 107 cm³/mol. The summed E-state index contributed by atoms with van der Waals surface area (Å²) in [5.41, 5.74) is 1.64. The number of likely N-dealkylation sites (tertiary alicyclic amines) is 1. The topological polar surface area (TPSA) is 77.0 Å². The number of amides is 1. The van der Waals surface area contributed by atoms with Crippen molar-refractivity contribution in [1.29, 1.82) is 0 Å². The average molecular weight is 446 g/mol. The summed E-state index contributed by atoms with van der Waals surface area (Å²) in [5, 5.41) is 15.7. The molecule has 0 spiro atoms. The number of nitrogens with one attached hydrogen (secondary N) is 2. The van der Waals surface area contributed by atoms with E-state index in [1.807, 2.05) is 32.0 Å². The fourth-order valence-corrected chi connectivity index (χ4v) is 2.60. The van der Waals surface area contributed by atoms with Gasteiger partial charge in [0.2, 0.25) is 0 Å². The summed E-state index contributed by atoms with van der Waals surface area (Å²) in [4.78, 5) is 18.6. The Labute approximate surface area is 160 Å². The van der Waals surface area contributed by atoms with Crippen molar-refractivity contribution in [3.63, 3.8) is 0 Å². The number of nitrogens with zero attached hydrogens (tertiary/aromatic N) is 2. The summed E-state index contributed by atoms with van der Waals surface area (Å²) >= 11 is 0. The number of guanidine groups is 1. The third kappa shape index (κ3) is 5.94. The van der Waals surface area contributed by atoms with Gasteiger partial charge in [-0.1, -0.05) is 12.1 Å². The first kappa shape index (κ1) is 20.7. The minimum absolute atomic E-state index is 0. The normalized spacial score (nSPS) is 17.4. The number of halogens is 1. The average Bonchev–Trinajstić information content (AvgIpc) is 2.98. The second kappa shape index (κ2) is 10.5. The van der Waals surface area contributed by atoms with E-state index in [4.69, 9.17) is 0 Å². The fraction of sp³-hybridized carbons (Fsp3) is 0.529. The number of carbonyl (C=O) groups is 1. The van der Waals surface area contributed by atoms with Gasteiger partial charge >= 0.3 is 0 Å². The van der Waals surface area contributed by atoms with Gasteiger partial charge in [0.1, 0.15) is 0 Å². The van der Waals surface area contributed by atoms with Crippen LogP contribution in [0.1, 0.15) is 36.2 Å². The molecule has 1 aliphatic rings. The number of carbonyl (C=O) groups excluding carboxylic acids is 1. The van der Waals surface area contributed by atoms with Crippen molar-refractivity contribution in [1.82, 2.24) is 15.5 Å². The van der Waals surface area contributed by atoms with E-state index in [0.29, 0.717) is 25.2 Å². The van der Waals surface area contributed by atoms with Crippen molar-refractivity contribution in [3.8, 4) is 0 Å². The summed E-state index contributed by atoms with van der Waals surface area (Å²) in [7, 11) is 0. The highest BCUT2D eigenvalue weighted by Gasteiger charge is 2.22. The van der Waals surface area contributed by atoms with Crippen LogP contribution in [0.25, 0.3) is 0 Å². The Kier molecular flexibility index (Phi) is 9.05. The molecule has 1 aromatic rings. The van der Waals surface area contributed by atoms with Gasteiger partial charge in [0.15, 0.2) is 5.96 Å². The Morgan fingerprint density at radius 2 is 2.08 bits per heavy atom. The number of aliphatic hydroxyl groups is 1. The van der Waals surface area contributed by atoms with Crippen LogP contribution >= 0.6 is 24.0 Å². The molecular formula is C17H27IN4O2. The van der Waals surface area contributed by atoms with Crippen molar-refractivity contribution >= 4 is 35.8 Å². The van der Waals surface area contributed by atoms with Gasteiger partial charge in [-0.3, -0.25) is 4.79 Å². The molecule has 0 saturated carbocycles. The van der Waals surface area contributed by atoms with E-state index >= 15 is 0 Å². The standard InChI is InChI=1S/C17H26N4O2.HI/c1-3-18-16(23)14-7-5-6-13(10-14)11-20-17(19-4-2)21-9-8-15(22)12-21;/h5-7,10,15,22H,3-4,8-9,11-12H2,1-2H3,(H,18,23)(H,19,20);1H/t15-;/m1./s1. The van der Waals surface area contributed by atoms with Crippen molar-refractivity contribution in [3.05, 3.63) is 35.4 Å². The highest BCUT2D eigenvalue weighted by atomic mass is 127. The second-order valence-electron chi connectivity index (χ2n) is 5.62. The van der Waals surface area contributed by atoms with Crippen LogP contribution in [0.3, 0.4) is 0 Å². The van der Waals surface area contributed by atoms with E-state index in [1.54, 1.807) is 6.07 Å². The molecule has 0 unspecified atom stereocenters. The Balaban J connectivity index is 0.00000288. The molecule has 1 heterocycles.